The van der Waals surface area contributed by atoms with E-state index in [0.29, 0.717) is 6.54 Å². The number of carbonyl (C=O) groups is 1. The summed E-state index contributed by atoms with van der Waals surface area (Å²) in [4.78, 5) is 17.7. The molecule has 1 fully saturated rings. The summed E-state index contributed by atoms with van der Waals surface area (Å²) in [5.74, 6) is 1.59. The maximum Gasteiger partial charge on any atom is 0.234 e. The number of anilines is 1. The van der Waals surface area contributed by atoms with E-state index in [0.717, 1.165) is 48.8 Å². The van der Waals surface area contributed by atoms with E-state index in [-0.39, 0.29) is 11.9 Å². The Balaban J connectivity index is 1.41. The average Bonchev–Trinajstić information content (AvgIpc) is 2.88. The number of nitrogens with one attached hydrogen (secondary N) is 1. The van der Waals surface area contributed by atoms with E-state index in [1.165, 1.54) is 11.3 Å². The first-order valence-electron chi connectivity index (χ1n) is 11.7. The van der Waals surface area contributed by atoms with Crippen LogP contribution in [0.15, 0.2) is 72.8 Å². The van der Waals surface area contributed by atoms with Crippen molar-refractivity contribution < 1.29 is 14.3 Å². The second-order valence-corrected chi connectivity index (χ2v) is 8.65. The molecule has 3 aromatic rings. The number of carbonyl (C=O) groups excluding carboxylic acids is 1. The largest absolute Gasteiger partial charge is 0.497 e. The van der Waals surface area contributed by atoms with Gasteiger partial charge in [0, 0.05) is 31.9 Å². The fourth-order valence-corrected chi connectivity index (χ4v) is 4.35. The number of ether oxygens (including phenoxy) is 2. The summed E-state index contributed by atoms with van der Waals surface area (Å²) < 4.78 is 10.6. The van der Waals surface area contributed by atoms with Crippen LogP contribution in [0.1, 0.15) is 22.7 Å². The monoisotopic (exact) mass is 459 g/mol. The lowest BCUT2D eigenvalue weighted by molar-refractivity contribution is -0.122. The van der Waals surface area contributed by atoms with E-state index < -0.39 is 0 Å². The number of hydrogen-bond donors (Lipinski definition) is 1. The van der Waals surface area contributed by atoms with Gasteiger partial charge in [0.15, 0.2) is 0 Å². The third-order valence-corrected chi connectivity index (χ3v) is 6.31. The van der Waals surface area contributed by atoms with Crippen molar-refractivity contribution in [3.63, 3.8) is 0 Å². The molecule has 6 nitrogen and oxygen atoms in total. The first-order valence-corrected chi connectivity index (χ1v) is 11.7. The van der Waals surface area contributed by atoms with Crippen LogP contribution in [0, 0.1) is 6.92 Å². The Hall–Kier alpha value is -3.51. The third kappa shape index (κ3) is 5.88. The molecule has 0 spiro atoms. The SMILES string of the molecule is COc1ccc(C(NC(=O)CN2CCN(c3cccc(C)c3)CC2)c2ccc(OC)cc2)cc1. The minimum Gasteiger partial charge on any atom is -0.497 e. The molecule has 34 heavy (non-hydrogen) atoms. The zero-order valence-corrected chi connectivity index (χ0v) is 20.2. The topological polar surface area (TPSA) is 54.0 Å². The zero-order valence-electron chi connectivity index (χ0n) is 20.2. The molecule has 1 N–H and O–H groups in total. The fraction of sp³-hybridized carbons (Fsp3) is 0.321. The summed E-state index contributed by atoms with van der Waals surface area (Å²) in [5, 5.41) is 3.25. The summed E-state index contributed by atoms with van der Waals surface area (Å²) in [5.41, 5.74) is 4.53. The molecule has 3 aromatic carbocycles. The number of methoxy groups -OCH3 is 2. The highest BCUT2D eigenvalue weighted by Crippen LogP contribution is 2.26. The van der Waals surface area contributed by atoms with Crippen molar-refractivity contribution >= 4 is 11.6 Å². The average molecular weight is 460 g/mol. The number of aryl methyl sites for hydroxylation is 1. The predicted octanol–water partition coefficient (Wildman–Crippen LogP) is 4.04. The van der Waals surface area contributed by atoms with Gasteiger partial charge in [0.1, 0.15) is 11.5 Å². The van der Waals surface area contributed by atoms with Gasteiger partial charge in [-0.15, -0.1) is 0 Å². The Bertz CT molecular complexity index is 1030. The molecular formula is C28H33N3O3. The second-order valence-electron chi connectivity index (χ2n) is 8.65. The van der Waals surface area contributed by atoms with Crippen molar-refractivity contribution in [2.45, 2.75) is 13.0 Å². The Morgan fingerprint density at radius 1 is 0.853 bits per heavy atom. The van der Waals surface area contributed by atoms with Gasteiger partial charge in [0.05, 0.1) is 26.8 Å². The number of piperazine rings is 1. The Labute approximate surface area is 202 Å². The van der Waals surface area contributed by atoms with Crippen molar-refractivity contribution in [3.05, 3.63) is 89.5 Å². The first-order chi connectivity index (χ1) is 16.6. The Morgan fingerprint density at radius 3 is 1.91 bits per heavy atom. The second kappa shape index (κ2) is 11.1. The summed E-state index contributed by atoms with van der Waals surface area (Å²) in [7, 11) is 3.30. The van der Waals surface area contributed by atoms with Gasteiger partial charge in [-0.1, -0.05) is 36.4 Å². The van der Waals surface area contributed by atoms with E-state index >= 15 is 0 Å². The van der Waals surface area contributed by atoms with Crippen molar-refractivity contribution in [3.8, 4) is 11.5 Å². The number of amides is 1. The van der Waals surface area contributed by atoms with Crippen LogP contribution < -0.4 is 19.7 Å². The first kappa shape index (κ1) is 23.6. The molecule has 6 heteroatoms. The third-order valence-electron chi connectivity index (χ3n) is 6.31. The summed E-state index contributed by atoms with van der Waals surface area (Å²) in [6.45, 7) is 6.04. The van der Waals surface area contributed by atoms with Crippen LogP contribution in [0.2, 0.25) is 0 Å². The van der Waals surface area contributed by atoms with Gasteiger partial charge in [0.25, 0.3) is 0 Å². The maximum atomic E-state index is 13.1. The summed E-state index contributed by atoms with van der Waals surface area (Å²) in [6.07, 6.45) is 0. The molecule has 1 saturated heterocycles. The van der Waals surface area contributed by atoms with Crippen LogP contribution in [0.4, 0.5) is 5.69 Å². The van der Waals surface area contributed by atoms with Gasteiger partial charge in [-0.05, 0) is 60.0 Å². The molecule has 0 atom stereocenters. The van der Waals surface area contributed by atoms with Gasteiger partial charge >= 0.3 is 0 Å². The smallest absolute Gasteiger partial charge is 0.234 e. The zero-order chi connectivity index (χ0) is 23.9. The molecule has 4 rings (SSSR count). The molecule has 0 radical (unpaired) electrons. The standard InChI is InChI=1S/C28H33N3O3/c1-21-5-4-6-24(19-21)31-17-15-30(16-18-31)20-27(32)29-28(22-7-11-25(33-2)12-8-22)23-9-13-26(34-3)14-10-23/h4-14,19,28H,15-18,20H2,1-3H3,(H,29,32). The summed E-state index contributed by atoms with van der Waals surface area (Å²) in [6, 6.07) is 24.0. The molecule has 1 aliphatic heterocycles. The van der Waals surface area contributed by atoms with Crippen LogP contribution >= 0.6 is 0 Å². The summed E-state index contributed by atoms with van der Waals surface area (Å²) >= 11 is 0. The lowest BCUT2D eigenvalue weighted by Crippen LogP contribution is -2.49. The molecule has 1 aliphatic rings. The molecule has 0 aliphatic carbocycles. The highest BCUT2D eigenvalue weighted by Gasteiger charge is 2.22. The number of rotatable bonds is 8. The van der Waals surface area contributed by atoms with E-state index in [2.05, 4.69) is 46.3 Å². The molecule has 1 amide bonds. The molecular weight excluding hydrogens is 426 g/mol. The lowest BCUT2D eigenvalue weighted by Gasteiger charge is -2.36. The quantitative estimate of drug-likeness (QED) is 0.551. The highest BCUT2D eigenvalue weighted by atomic mass is 16.5. The number of benzene rings is 3. The molecule has 178 valence electrons. The fourth-order valence-electron chi connectivity index (χ4n) is 4.35. The Kier molecular flexibility index (Phi) is 7.70. The molecule has 0 bridgehead atoms. The van der Waals surface area contributed by atoms with E-state index in [1.807, 2.05) is 48.5 Å². The van der Waals surface area contributed by atoms with E-state index in [4.69, 9.17) is 9.47 Å². The van der Waals surface area contributed by atoms with Crippen LogP contribution in [0.3, 0.4) is 0 Å². The van der Waals surface area contributed by atoms with Crippen molar-refractivity contribution in [2.24, 2.45) is 0 Å². The maximum absolute atomic E-state index is 13.1. The minimum absolute atomic E-state index is 0.0145. The van der Waals surface area contributed by atoms with Crippen LogP contribution in [0.25, 0.3) is 0 Å². The van der Waals surface area contributed by atoms with Gasteiger partial charge in [-0.25, -0.2) is 0 Å². The molecule has 1 heterocycles. The van der Waals surface area contributed by atoms with Crippen molar-refractivity contribution in [1.82, 2.24) is 10.2 Å². The Morgan fingerprint density at radius 2 is 1.41 bits per heavy atom. The number of nitrogens with zero attached hydrogens (tertiary/aromatic N) is 2. The van der Waals surface area contributed by atoms with E-state index in [1.54, 1.807) is 14.2 Å². The molecule has 0 saturated carbocycles. The molecule has 0 unspecified atom stereocenters. The minimum atomic E-state index is -0.252. The van der Waals surface area contributed by atoms with Gasteiger partial charge in [-0.3, -0.25) is 9.69 Å². The van der Waals surface area contributed by atoms with Crippen LogP contribution in [0.5, 0.6) is 11.5 Å². The predicted molar refractivity (Wildman–Crippen MR) is 136 cm³/mol. The highest BCUT2D eigenvalue weighted by molar-refractivity contribution is 5.79. The van der Waals surface area contributed by atoms with Gasteiger partial charge in [0.2, 0.25) is 5.91 Å². The van der Waals surface area contributed by atoms with E-state index in [9.17, 15) is 4.79 Å². The van der Waals surface area contributed by atoms with Gasteiger partial charge in [-0.2, -0.15) is 0 Å². The van der Waals surface area contributed by atoms with Crippen LogP contribution in [-0.4, -0.2) is 57.8 Å². The lowest BCUT2D eigenvalue weighted by atomic mass is 9.98. The number of hydrogen-bond acceptors (Lipinski definition) is 5. The van der Waals surface area contributed by atoms with Crippen molar-refractivity contribution in [2.75, 3.05) is 51.8 Å². The van der Waals surface area contributed by atoms with Gasteiger partial charge < -0.3 is 19.7 Å². The normalized spacial score (nSPS) is 14.2. The van der Waals surface area contributed by atoms with Crippen molar-refractivity contribution in [1.29, 1.82) is 0 Å². The molecule has 0 aromatic heterocycles. The van der Waals surface area contributed by atoms with Crippen LogP contribution in [-0.2, 0) is 4.79 Å².